The van der Waals surface area contributed by atoms with Crippen molar-refractivity contribution in [1.29, 1.82) is 0 Å². The summed E-state index contributed by atoms with van der Waals surface area (Å²) in [6, 6.07) is 0. The number of nitrogens with one attached hydrogen (secondary N) is 1. The molecule has 0 unspecified atom stereocenters. The van der Waals surface area contributed by atoms with E-state index in [1.807, 2.05) is 0 Å². The molecule has 1 atom stereocenters. The van der Waals surface area contributed by atoms with Crippen molar-refractivity contribution in [3.05, 3.63) is 0 Å². The molecule has 0 saturated carbocycles. The summed E-state index contributed by atoms with van der Waals surface area (Å²) < 4.78 is 0. The molecule has 4 nitrogen and oxygen atoms in total. The molecule has 0 aromatic heterocycles. The zero-order chi connectivity index (χ0) is 9.68. The number of hydrogen-bond donors (Lipinski definition) is 2. The lowest BCUT2D eigenvalue weighted by Crippen LogP contribution is -2.39. The molecule has 1 amide bonds. The lowest BCUT2D eigenvalue weighted by atomic mass is 10.0. The molecule has 0 spiro atoms. The molecular weight excluding hydrogens is 168 g/mol. The molecule has 0 aromatic carbocycles. The molecule has 2 N–H and O–H groups in total. The smallest absolute Gasteiger partial charge is 0.419 e. The van der Waals surface area contributed by atoms with E-state index in [1.165, 1.54) is 19.3 Å². The van der Waals surface area contributed by atoms with Gasteiger partial charge in [-0.05, 0) is 18.8 Å². The first-order chi connectivity index (χ1) is 6.22. The Morgan fingerprint density at radius 3 is 3.08 bits per heavy atom. The van der Waals surface area contributed by atoms with Crippen LogP contribution in [0.5, 0.6) is 0 Å². The van der Waals surface area contributed by atoms with Crippen molar-refractivity contribution in [3.8, 4) is 0 Å². The number of unbranched alkanes of at least 4 members (excludes halogenated alkanes) is 1. The summed E-state index contributed by atoms with van der Waals surface area (Å²) in [4.78, 5) is 10.3. The van der Waals surface area contributed by atoms with Gasteiger partial charge in [-0.15, -0.1) is 0 Å². The Kier molecular flexibility index (Phi) is 4.02. The van der Waals surface area contributed by atoms with E-state index >= 15 is 0 Å². The zero-order valence-electron chi connectivity index (χ0n) is 8.12. The van der Waals surface area contributed by atoms with Gasteiger partial charge in [-0.2, -0.15) is 0 Å². The Bertz CT molecular complexity index is 173. The largest absolute Gasteiger partial charge is 0.464 e. The molecule has 0 bridgehead atoms. The molecule has 1 aliphatic rings. The van der Waals surface area contributed by atoms with Crippen LogP contribution in [0.1, 0.15) is 32.6 Å². The number of nitrogens with zero attached hydrogens (tertiary/aromatic N) is 1. The predicted molar refractivity (Wildman–Crippen MR) is 50.4 cm³/mol. The zero-order valence-corrected chi connectivity index (χ0v) is 8.12. The monoisotopic (exact) mass is 186 g/mol. The highest BCUT2D eigenvalue weighted by atomic mass is 16.4. The van der Waals surface area contributed by atoms with Crippen LogP contribution < -0.4 is 5.43 Å². The van der Waals surface area contributed by atoms with Crippen LogP contribution in [-0.4, -0.2) is 29.3 Å². The molecular formula is C9H18N2O2. The van der Waals surface area contributed by atoms with Crippen LogP contribution >= 0.6 is 0 Å². The second kappa shape index (κ2) is 5.07. The Morgan fingerprint density at radius 2 is 2.46 bits per heavy atom. The number of amides is 1. The Balaban J connectivity index is 2.16. The van der Waals surface area contributed by atoms with Crippen molar-refractivity contribution >= 4 is 6.09 Å². The van der Waals surface area contributed by atoms with E-state index in [1.54, 1.807) is 5.01 Å². The molecule has 76 valence electrons. The fourth-order valence-corrected chi connectivity index (χ4v) is 1.80. The maximum Gasteiger partial charge on any atom is 0.419 e. The first kappa shape index (κ1) is 10.3. The van der Waals surface area contributed by atoms with Crippen LogP contribution in [0.2, 0.25) is 0 Å². The van der Waals surface area contributed by atoms with Crippen molar-refractivity contribution < 1.29 is 9.90 Å². The highest BCUT2D eigenvalue weighted by Gasteiger charge is 2.22. The number of carbonyl (C=O) groups is 1. The van der Waals surface area contributed by atoms with Gasteiger partial charge in [-0.3, -0.25) is 5.43 Å². The third kappa shape index (κ3) is 3.63. The molecule has 1 fully saturated rings. The minimum atomic E-state index is -0.948. The quantitative estimate of drug-likeness (QED) is 0.702. The minimum Gasteiger partial charge on any atom is -0.464 e. The van der Waals surface area contributed by atoms with Crippen molar-refractivity contribution in [2.75, 3.05) is 13.1 Å². The summed E-state index contributed by atoms with van der Waals surface area (Å²) in [5.41, 5.74) is 2.40. The second-order valence-electron chi connectivity index (χ2n) is 3.66. The van der Waals surface area contributed by atoms with Crippen LogP contribution in [0.3, 0.4) is 0 Å². The topological polar surface area (TPSA) is 52.6 Å². The van der Waals surface area contributed by atoms with Crippen LogP contribution in [0.25, 0.3) is 0 Å². The Morgan fingerprint density at radius 1 is 1.69 bits per heavy atom. The molecule has 0 aromatic rings. The first-order valence-electron chi connectivity index (χ1n) is 4.97. The fourth-order valence-electron chi connectivity index (χ4n) is 1.80. The van der Waals surface area contributed by atoms with Crippen molar-refractivity contribution in [2.24, 2.45) is 5.92 Å². The Hall–Kier alpha value is -0.770. The summed E-state index contributed by atoms with van der Waals surface area (Å²) in [7, 11) is 0. The Labute approximate surface area is 78.9 Å². The number of hydrogen-bond acceptors (Lipinski definition) is 2. The van der Waals surface area contributed by atoms with Crippen LogP contribution in [0.15, 0.2) is 0 Å². The molecule has 0 radical (unpaired) electrons. The van der Waals surface area contributed by atoms with E-state index in [2.05, 4.69) is 12.3 Å². The average molecular weight is 186 g/mol. The third-order valence-electron chi connectivity index (χ3n) is 2.51. The average Bonchev–Trinajstić information content (AvgIpc) is 2.48. The normalized spacial score (nSPS) is 23.3. The summed E-state index contributed by atoms with van der Waals surface area (Å²) in [6.45, 7) is 3.93. The standard InChI is InChI=1S/C9H18N2O2/c1-2-3-4-8-5-6-11(7-8)10-9(12)13/h8,10H,2-7H2,1H3,(H,12,13)/t8-/m1/s1. The second-order valence-corrected chi connectivity index (χ2v) is 3.66. The minimum absolute atomic E-state index is 0.687. The van der Waals surface area contributed by atoms with Gasteiger partial charge in [0.05, 0.1) is 0 Å². The van der Waals surface area contributed by atoms with Crippen molar-refractivity contribution in [1.82, 2.24) is 10.4 Å². The van der Waals surface area contributed by atoms with Gasteiger partial charge < -0.3 is 5.11 Å². The molecule has 1 heterocycles. The van der Waals surface area contributed by atoms with E-state index in [-0.39, 0.29) is 0 Å². The highest BCUT2D eigenvalue weighted by molar-refractivity contribution is 5.63. The van der Waals surface area contributed by atoms with Gasteiger partial charge in [0.25, 0.3) is 0 Å². The molecule has 1 aliphatic heterocycles. The van der Waals surface area contributed by atoms with Crippen LogP contribution in [-0.2, 0) is 0 Å². The van der Waals surface area contributed by atoms with Gasteiger partial charge in [0.15, 0.2) is 0 Å². The number of hydrazine groups is 1. The van der Waals surface area contributed by atoms with Crippen LogP contribution in [0.4, 0.5) is 4.79 Å². The van der Waals surface area contributed by atoms with Gasteiger partial charge in [0.1, 0.15) is 0 Å². The SMILES string of the molecule is CCCC[C@@H]1CCN(NC(=O)O)C1. The lowest BCUT2D eigenvalue weighted by Gasteiger charge is -2.14. The third-order valence-corrected chi connectivity index (χ3v) is 2.51. The van der Waals surface area contributed by atoms with Gasteiger partial charge >= 0.3 is 6.09 Å². The van der Waals surface area contributed by atoms with E-state index in [4.69, 9.17) is 5.11 Å². The molecule has 0 aliphatic carbocycles. The number of rotatable bonds is 4. The van der Waals surface area contributed by atoms with E-state index < -0.39 is 6.09 Å². The molecule has 1 saturated heterocycles. The summed E-state index contributed by atoms with van der Waals surface area (Å²) in [5, 5.41) is 10.3. The lowest BCUT2D eigenvalue weighted by molar-refractivity contribution is 0.151. The summed E-state index contributed by atoms with van der Waals surface area (Å²) in [6.07, 6.45) is 3.89. The van der Waals surface area contributed by atoms with E-state index in [9.17, 15) is 4.79 Å². The van der Waals surface area contributed by atoms with E-state index in [0.717, 1.165) is 19.5 Å². The summed E-state index contributed by atoms with van der Waals surface area (Å²) >= 11 is 0. The van der Waals surface area contributed by atoms with Crippen molar-refractivity contribution in [2.45, 2.75) is 32.6 Å². The summed E-state index contributed by atoms with van der Waals surface area (Å²) in [5.74, 6) is 0.687. The molecule has 13 heavy (non-hydrogen) atoms. The van der Waals surface area contributed by atoms with Gasteiger partial charge in [0.2, 0.25) is 0 Å². The van der Waals surface area contributed by atoms with Gasteiger partial charge in [-0.25, -0.2) is 9.80 Å². The highest BCUT2D eigenvalue weighted by Crippen LogP contribution is 2.19. The van der Waals surface area contributed by atoms with Gasteiger partial charge in [-0.1, -0.05) is 19.8 Å². The fraction of sp³-hybridized carbons (Fsp3) is 0.889. The maximum atomic E-state index is 10.3. The molecule has 4 heteroatoms. The van der Waals surface area contributed by atoms with Gasteiger partial charge in [0, 0.05) is 13.1 Å². The first-order valence-corrected chi connectivity index (χ1v) is 4.97. The number of carboxylic acid groups (broad SMARTS) is 1. The van der Waals surface area contributed by atoms with Crippen molar-refractivity contribution in [3.63, 3.8) is 0 Å². The molecule has 1 rings (SSSR count). The maximum absolute atomic E-state index is 10.3. The van der Waals surface area contributed by atoms with E-state index in [0.29, 0.717) is 5.92 Å². The van der Waals surface area contributed by atoms with Crippen LogP contribution in [0, 0.1) is 5.92 Å². The predicted octanol–water partition coefficient (Wildman–Crippen LogP) is 1.68.